The van der Waals surface area contributed by atoms with E-state index in [1.807, 2.05) is 48.7 Å². The van der Waals surface area contributed by atoms with Gasteiger partial charge in [-0.1, -0.05) is 23.4 Å². The number of benzene rings is 1. The number of aromatic nitrogens is 3. The zero-order valence-electron chi connectivity index (χ0n) is 11.0. The highest BCUT2D eigenvalue weighted by molar-refractivity contribution is 7.09. The Balaban J connectivity index is 2.07. The van der Waals surface area contributed by atoms with Gasteiger partial charge in [-0.2, -0.15) is 0 Å². The van der Waals surface area contributed by atoms with E-state index in [1.54, 1.807) is 16.0 Å². The third-order valence-electron chi connectivity index (χ3n) is 3.07. The number of aldehydes is 1. The molecule has 5 heteroatoms. The summed E-state index contributed by atoms with van der Waals surface area (Å²) in [5, 5.41) is 10.1. The Kier molecular flexibility index (Phi) is 3.43. The van der Waals surface area contributed by atoms with Crippen LogP contribution >= 0.6 is 11.3 Å². The van der Waals surface area contributed by atoms with Crippen molar-refractivity contribution in [3.05, 3.63) is 63.6 Å². The molecule has 20 heavy (non-hydrogen) atoms. The Hall–Kier alpha value is -2.27. The molecule has 2 aromatic heterocycles. The SMILES string of the molecule is Cc1cccc(-n2nnc(C=O)c2Cc2cccs2)c1. The summed E-state index contributed by atoms with van der Waals surface area (Å²) in [5.41, 5.74) is 3.30. The van der Waals surface area contributed by atoms with Crippen LogP contribution in [0.2, 0.25) is 0 Å². The Morgan fingerprint density at radius 1 is 1.30 bits per heavy atom. The molecule has 0 unspecified atom stereocenters. The first kappa shape index (κ1) is 12.7. The van der Waals surface area contributed by atoms with Crippen LogP contribution in [-0.4, -0.2) is 21.3 Å². The van der Waals surface area contributed by atoms with E-state index >= 15 is 0 Å². The van der Waals surface area contributed by atoms with Gasteiger partial charge in [-0.3, -0.25) is 4.79 Å². The number of carbonyl (C=O) groups is 1. The molecule has 0 saturated carbocycles. The van der Waals surface area contributed by atoms with Gasteiger partial charge in [-0.25, -0.2) is 4.68 Å². The molecule has 0 atom stereocenters. The smallest absolute Gasteiger partial charge is 0.172 e. The van der Waals surface area contributed by atoms with Gasteiger partial charge in [0.2, 0.25) is 0 Å². The van der Waals surface area contributed by atoms with Gasteiger partial charge in [0.1, 0.15) is 5.69 Å². The molecule has 0 aliphatic heterocycles. The molecule has 0 aliphatic carbocycles. The van der Waals surface area contributed by atoms with E-state index in [4.69, 9.17) is 0 Å². The van der Waals surface area contributed by atoms with Gasteiger partial charge in [0.15, 0.2) is 6.29 Å². The van der Waals surface area contributed by atoms with Gasteiger partial charge in [0, 0.05) is 11.3 Å². The summed E-state index contributed by atoms with van der Waals surface area (Å²) < 4.78 is 1.75. The lowest BCUT2D eigenvalue weighted by molar-refractivity contribution is 0.111. The Morgan fingerprint density at radius 2 is 2.20 bits per heavy atom. The second-order valence-corrected chi connectivity index (χ2v) is 5.58. The summed E-state index contributed by atoms with van der Waals surface area (Å²) in [6.07, 6.45) is 1.43. The van der Waals surface area contributed by atoms with E-state index in [1.165, 1.54) is 4.88 Å². The molecule has 0 aliphatic rings. The van der Waals surface area contributed by atoms with Crippen molar-refractivity contribution in [2.75, 3.05) is 0 Å². The minimum absolute atomic E-state index is 0.403. The number of aryl methyl sites for hydroxylation is 1. The predicted octanol–water partition coefficient (Wildman–Crippen LogP) is 3.04. The second kappa shape index (κ2) is 5.38. The maximum Gasteiger partial charge on any atom is 0.172 e. The van der Waals surface area contributed by atoms with Gasteiger partial charge in [-0.05, 0) is 36.1 Å². The predicted molar refractivity (Wildman–Crippen MR) is 78.6 cm³/mol. The quantitative estimate of drug-likeness (QED) is 0.691. The third kappa shape index (κ3) is 2.40. The lowest BCUT2D eigenvalue weighted by Gasteiger charge is -2.06. The van der Waals surface area contributed by atoms with Gasteiger partial charge in [0.05, 0.1) is 11.4 Å². The largest absolute Gasteiger partial charge is 0.296 e. The molecule has 0 N–H and O–H groups in total. The first-order valence-corrected chi connectivity index (χ1v) is 7.15. The molecular formula is C15H13N3OS. The first-order valence-electron chi connectivity index (χ1n) is 6.27. The van der Waals surface area contributed by atoms with E-state index in [2.05, 4.69) is 10.3 Å². The summed E-state index contributed by atoms with van der Waals surface area (Å²) in [4.78, 5) is 12.3. The first-order chi connectivity index (χ1) is 9.78. The molecule has 4 nitrogen and oxygen atoms in total. The van der Waals surface area contributed by atoms with Crippen molar-refractivity contribution >= 4 is 17.6 Å². The maximum atomic E-state index is 11.2. The Morgan fingerprint density at radius 3 is 2.90 bits per heavy atom. The minimum atomic E-state index is 0.403. The number of nitrogens with zero attached hydrogens (tertiary/aromatic N) is 3. The fourth-order valence-corrected chi connectivity index (χ4v) is 2.82. The Labute approximate surface area is 120 Å². The van der Waals surface area contributed by atoms with Gasteiger partial charge < -0.3 is 0 Å². The second-order valence-electron chi connectivity index (χ2n) is 4.55. The number of thiophene rings is 1. The van der Waals surface area contributed by atoms with Crippen LogP contribution in [0.15, 0.2) is 41.8 Å². The summed E-state index contributed by atoms with van der Waals surface area (Å²) in [7, 11) is 0. The summed E-state index contributed by atoms with van der Waals surface area (Å²) in [5.74, 6) is 0. The summed E-state index contributed by atoms with van der Waals surface area (Å²) in [6, 6.07) is 12.0. The van der Waals surface area contributed by atoms with Crippen molar-refractivity contribution in [2.45, 2.75) is 13.3 Å². The van der Waals surface area contributed by atoms with Gasteiger partial charge in [0.25, 0.3) is 0 Å². The summed E-state index contributed by atoms with van der Waals surface area (Å²) in [6.45, 7) is 2.03. The Bertz CT molecular complexity index is 731. The van der Waals surface area contributed by atoms with E-state index in [0.29, 0.717) is 12.1 Å². The van der Waals surface area contributed by atoms with E-state index in [9.17, 15) is 4.79 Å². The van der Waals surface area contributed by atoms with Crippen LogP contribution in [0.3, 0.4) is 0 Å². The lowest BCUT2D eigenvalue weighted by Crippen LogP contribution is -2.04. The van der Waals surface area contributed by atoms with E-state index < -0.39 is 0 Å². The van der Waals surface area contributed by atoms with Crippen molar-refractivity contribution in [2.24, 2.45) is 0 Å². The number of carbonyl (C=O) groups excluding carboxylic acids is 1. The van der Waals surface area contributed by atoms with Crippen molar-refractivity contribution in [3.8, 4) is 5.69 Å². The van der Waals surface area contributed by atoms with Crippen LogP contribution in [0.5, 0.6) is 0 Å². The average molecular weight is 283 g/mol. The molecule has 0 radical (unpaired) electrons. The van der Waals surface area contributed by atoms with Crippen LogP contribution in [-0.2, 0) is 6.42 Å². The molecule has 3 aromatic rings. The zero-order chi connectivity index (χ0) is 13.9. The molecule has 0 saturated heterocycles. The van der Waals surface area contributed by atoms with E-state index in [-0.39, 0.29) is 0 Å². The van der Waals surface area contributed by atoms with Crippen molar-refractivity contribution < 1.29 is 4.79 Å². The monoisotopic (exact) mass is 283 g/mol. The van der Waals surface area contributed by atoms with Crippen molar-refractivity contribution in [3.63, 3.8) is 0 Å². The molecule has 100 valence electrons. The van der Waals surface area contributed by atoms with Crippen LogP contribution < -0.4 is 0 Å². The number of rotatable bonds is 4. The zero-order valence-corrected chi connectivity index (χ0v) is 11.8. The van der Waals surface area contributed by atoms with Crippen LogP contribution in [0.25, 0.3) is 5.69 Å². The number of hydrogen-bond acceptors (Lipinski definition) is 4. The van der Waals surface area contributed by atoms with Crippen LogP contribution in [0.4, 0.5) is 0 Å². The molecule has 2 heterocycles. The fraction of sp³-hybridized carbons (Fsp3) is 0.133. The standard InChI is InChI=1S/C15H13N3OS/c1-11-4-2-5-12(8-11)18-15(14(10-19)16-17-18)9-13-6-3-7-20-13/h2-8,10H,9H2,1H3. The molecule has 0 fully saturated rings. The normalized spacial score (nSPS) is 10.7. The molecular weight excluding hydrogens is 270 g/mol. The molecule has 0 bridgehead atoms. The topological polar surface area (TPSA) is 47.8 Å². The highest BCUT2D eigenvalue weighted by Crippen LogP contribution is 2.19. The summed E-state index contributed by atoms with van der Waals surface area (Å²) >= 11 is 1.66. The maximum absolute atomic E-state index is 11.2. The minimum Gasteiger partial charge on any atom is -0.296 e. The van der Waals surface area contributed by atoms with Gasteiger partial charge >= 0.3 is 0 Å². The third-order valence-corrected chi connectivity index (χ3v) is 3.95. The molecule has 0 spiro atoms. The average Bonchev–Trinajstić information content (AvgIpc) is 3.08. The number of hydrogen-bond donors (Lipinski definition) is 0. The van der Waals surface area contributed by atoms with Crippen molar-refractivity contribution in [1.29, 1.82) is 0 Å². The van der Waals surface area contributed by atoms with Crippen LogP contribution in [0, 0.1) is 6.92 Å². The molecule has 1 aromatic carbocycles. The van der Waals surface area contributed by atoms with Crippen LogP contribution in [0.1, 0.15) is 26.6 Å². The van der Waals surface area contributed by atoms with Crippen molar-refractivity contribution in [1.82, 2.24) is 15.0 Å². The van der Waals surface area contributed by atoms with E-state index in [0.717, 1.165) is 23.2 Å². The highest BCUT2D eigenvalue weighted by atomic mass is 32.1. The molecule has 0 amide bonds. The molecule has 3 rings (SSSR count). The lowest BCUT2D eigenvalue weighted by atomic mass is 10.2. The van der Waals surface area contributed by atoms with Gasteiger partial charge in [-0.15, -0.1) is 16.4 Å². The highest BCUT2D eigenvalue weighted by Gasteiger charge is 2.14. The fourth-order valence-electron chi connectivity index (χ4n) is 2.12.